The van der Waals surface area contributed by atoms with Gasteiger partial charge in [0.05, 0.1) is 0 Å². The summed E-state index contributed by atoms with van der Waals surface area (Å²) in [5.41, 5.74) is 12.6. The molecule has 0 bridgehead atoms. The molecule has 0 aliphatic carbocycles. The second-order valence-corrected chi connectivity index (χ2v) is 53.5. The van der Waals surface area contributed by atoms with Crippen molar-refractivity contribution in [2.75, 3.05) is 137 Å². The first-order chi connectivity index (χ1) is 69.1. The summed E-state index contributed by atoms with van der Waals surface area (Å²) in [4.78, 5) is 43.4. The third-order valence-corrected chi connectivity index (χ3v) is 37.6. The third kappa shape index (κ3) is 35.9. The summed E-state index contributed by atoms with van der Waals surface area (Å²) >= 11 is 20.6. The first-order valence-corrected chi connectivity index (χ1v) is 56.2. The molecule has 0 amide bonds. The van der Waals surface area contributed by atoms with Gasteiger partial charge in [0.2, 0.25) is 45.8 Å². The molecule has 7 aliphatic heterocycles. The highest BCUT2D eigenvalue weighted by Crippen LogP contribution is 2.55. The van der Waals surface area contributed by atoms with Gasteiger partial charge in [-0.25, -0.2) is 54.8 Å². The molecule has 7 fully saturated rings. The summed E-state index contributed by atoms with van der Waals surface area (Å²) in [5, 5.41) is 2.45. The van der Waals surface area contributed by atoms with Crippen LogP contribution in [0.15, 0.2) is 170 Å². The van der Waals surface area contributed by atoms with Crippen molar-refractivity contribution in [3.05, 3.63) is 325 Å². The van der Waals surface area contributed by atoms with Crippen LogP contribution in [0.3, 0.4) is 0 Å². The summed E-state index contributed by atoms with van der Waals surface area (Å²) in [6.07, 6.45) is 15.5. The predicted molar refractivity (Wildman–Crippen MR) is 623 cm³/mol. The fraction of sp³-hybridized carbons (Fsp3) is 0.614. The molecule has 20 heteroatoms. The Hall–Kier alpha value is -7.85. The molecule has 147 heavy (non-hydrogen) atoms. The molecule has 0 N–H and O–H groups in total. The number of piperidine rings is 7. The lowest BCUT2D eigenvalue weighted by atomic mass is 9.61. The fourth-order valence-corrected chi connectivity index (χ4v) is 24.2. The van der Waals surface area contributed by atoms with Gasteiger partial charge < -0.3 is 33.9 Å². The molecule has 7 heterocycles. The summed E-state index contributed by atoms with van der Waals surface area (Å²) in [6.45, 7) is 127. The molecule has 7 saturated heterocycles. The van der Waals surface area contributed by atoms with Gasteiger partial charge in [0.25, 0.3) is 0 Å². The maximum absolute atomic E-state index is 13.2. The van der Waals surface area contributed by atoms with Gasteiger partial charge in [-0.2, -0.15) is 0 Å². The largest absolute Gasteiger partial charge is 0.316 e. The molecular weight excluding hydrogens is 1990 g/mol. The zero-order valence-electron chi connectivity index (χ0n) is 93.9. The van der Waals surface area contributed by atoms with Crippen molar-refractivity contribution in [1.29, 1.82) is 0 Å². The average molecular weight is 2170 g/mol. The van der Waals surface area contributed by atoms with Crippen molar-refractivity contribution in [1.82, 2.24) is 34.3 Å². The van der Waals surface area contributed by atoms with E-state index in [9.17, 15) is 8.78 Å². The number of nitrogens with zero attached hydrogens (tertiary/aromatic N) is 14. The number of hydrogen-bond donors (Lipinski definition) is 0. The van der Waals surface area contributed by atoms with Gasteiger partial charge in [-0.3, -0.25) is 34.3 Å². The number of benzene rings is 7. The minimum atomic E-state index is -0.179. The van der Waals surface area contributed by atoms with Crippen LogP contribution in [0.5, 0.6) is 0 Å². The minimum Gasteiger partial charge on any atom is -0.316 e. The van der Waals surface area contributed by atoms with Gasteiger partial charge in [-0.05, 0) is 360 Å². The summed E-state index contributed by atoms with van der Waals surface area (Å²) in [6, 6.07) is 55.4. The lowest BCUT2D eigenvalue weighted by molar-refractivity contribution is 0.0172. The van der Waals surface area contributed by atoms with Crippen LogP contribution >= 0.6 is 57.4 Å². The molecule has 14 rings (SSSR count). The van der Waals surface area contributed by atoms with E-state index in [1.807, 2.05) is 66.7 Å². The second kappa shape index (κ2) is 55.6. The van der Waals surface area contributed by atoms with E-state index in [4.69, 9.17) is 80.8 Å². The summed E-state index contributed by atoms with van der Waals surface area (Å²) in [7, 11) is 0. The van der Waals surface area contributed by atoms with Crippen LogP contribution in [0.4, 0.5) is 8.78 Å². The Morgan fingerprint density at radius 2 is 0.483 bits per heavy atom. The average Bonchev–Trinajstić information content (AvgIpc) is 0.767. The number of rotatable bonds is 21. The molecule has 798 valence electrons. The smallest absolute Gasteiger partial charge is 0.220 e. The van der Waals surface area contributed by atoms with E-state index in [1.54, 1.807) is 12.1 Å². The van der Waals surface area contributed by atoms with Crippen molar-refractivity contribution in [3.63, 3.8) is 0 Å². The lowest BCUT2D eigenvalue weighted by Gasteiger charge is -2.46. The molecule has 0 radical (unpaired) electrons. The molecule has 0 unspecified atom stereocenters. The van der Waals surface area contributed by atoms with E-state index >= 15 is 0 Å². The molecule has 7 aromatic carbocycles. The Kier molecular flexibility index (Phi) is 47.0. The fourth-order valence-electron chi connectivity index (χ4n) is 23.3. The first-order valence-electron chi connectivity index (χ1n) is 54.0. The summed E-state index contributed by atoms with van der Waals surface area (Å²) in [5.74, 6) is -0.345. The maximum atomic E-state index is 13.2. The highest BCUT2D eigenvalue weighted by atomic mass is 127. The van der Waals surface area contributed by atoms with Crippen LogP contribution in [0, 0.1) is 144 Å². The molecule has 0 atom stereocenters. The molecular formula is C127H178Cl3F2IN14. The van der Waals surface area contributed by atoms with Gasteiger partial charge in [0, 0.05) is 102 Å². The maximum Gasteiger partial charge on any atom is 0.220 e. The predicted octanol–water partition coefficient (Wildman–Crippen LogP) is 32.8. The topological polar surface area (TPSA) is 53.2 Å². The van der Waals surface area contributed by atoms with Crippen LogP contribution in [0.1, 0.15) is 280 Å². The van der Waals surface area contributed by atoms with Crippen molar-refractivity contribution in [2.24, 2.45) is 75.8 Å². The van der Waals surface area contributed by atoms with Gasteiger partial charge in [0.1, 0.15) is 11.6 Å². The van der Waals surface area contributed by atoms with E-state index in [0.717, 1.165) is 254 Å². The monoisotopic (exact) mass is 2170 g/mol. The highest BCUT2D eigenvalue weighted by molar-refractivity contribution is 14.1. The van der Waals surface area contributed by atoms with Crippen LogP contribution in [0.2, 0.25) is 15.1 Å². The highest BCUT2D eigenvalue weighted by Gasteiger charge is 2.54. The van der Waals surface area contributed by atoms with E-state index in [1.165, 1.54) is 55.1 Å². The van der Waals surface area contributed by atoms with Gasteiger partial charge in [-0.1, -0.05) is 283 Å². The zero-order valence-corrected chi connectivity index (χ0v) is 98.3. The molecule has 0 saturated carbocycles. The van der Waals surface area contributed by atoms with E-state index in [0.29, 0.717) is 45.8 Å². The van der Waals surface area contributed by atoms with Crippen molar-refractivity contribution >= 4 is 57.4 Å². The lowest BCUT2D eigenvalue weighted by Crippen LogP contribution is -2.48. The SMILES string of the molecule is [C-]#[N+]CC1(C(C)(C)C)CCN(Cc2ccc(Cl)cc2)CC1.[C-]#[N+]CC1(C(C)(C)C)CCN(Cc2ccc(F)cc2)CC1.[C-]#[N+]CC1(C(C)(C)C)CCN(Cc2ccc(I)cc2)CC1.[C-]#[N+]CC1(C(C)(C)C)CCN(Cc2cccc(Cl)c2)CC1.[C-]#[N+]CC1(C(C)(C)C)CCN(Cc2cccc(F)c2)CC1.[C-]#[N+]CC1(C(C)(C)C)CCN(Cc2ccccc2C)CC1.[C-]#[N+]CC1(C(C)(C)C)CCN(Cc2ccccc2Cl)CC1. The van der Waals surface area contributed by atoms with Gasteiger partial charge in [0.15, 0.2) is 0 Å². The Labute approximate surface area is 919 Å². The van der Waals surface area contributed by atoms with Crippen molar-refractivity contribution in [2.45, 2.75) is 288 Å². The third-order valence-electron chi connectivity index (χ3n) is 36.1. The van der Waals surface area contributed by atoms with Crippen LogP contribution in [-0.4, -0.2) is 172 Å². The normalized spacial score (nSPS) is 19.2. The Morgan fingerprint density at radius 3 is 0.741 bits per heavy atom. The molecule has 14 nitrogen and oxygen atoms in total. The molecule has 0 aromatic heterocycles. The van der Waals surface area contributed by atoms with Gasteiger partial charge in [-0.15, -0.1) is 0 Å². The first kappa shape index (κ1) is 124. The van der Waals surface area contributed by atoms with Crippen molar-refractivity contribution < 1.29 is 8.78 Å². The number of aryl methyl sites for hydroxylation is 1. The second-order valence-electron chi connectivity index (χ2n) is 51.0. The van der Waals surface area contributed by atoms with Crippen LogP contribution in [-0.2, 0) is 45.8 Å². The van der Waals surface area contributed by atoms with Crippen LogP contribution in [0.25, 0.3) is 33.9 Å². The van der Waals surface area contributed by atoms with E-state index in [-0.39, 0.29) is 87.4 Å². The van der Waals surface area contributed by atoms with Crippen molar-refractivity contribution in [3.8, 4) is 0 Å². The zero-order chi connectivity index (χ0) is 109. The standard InChI is InChI=1S/C19H28N2.3C18H25ClN2.2C18H25FN2.C18H25IN2/c1-16-8-6-7-9-17(16)14-21-12-10-19(11-13-21,15-20-5)18(2,3)4;1-17(2,3)18(14-20-4)9-11-21(12-10-18)13-15-5-7-16(19)8-6-15;1-17(2,3)18(14-20-4)8-10-21(11-9-18)13-15-6-5-7-16(19)12-15;1-17(2,3)18(14-20-4)9-11-21(12-10-18)13-15-7-5-6-8-16(15)19;1-17(2,3)18(14-20-4)9-11-21(12-10-18)13-15-5-7-16(19)8-6-15;1-17(2,3)18(14-20-4)8-10-21(11-9-18)13-15-6-5-7-16(19)12-15;1-17(2,3)18(14-20-4)9-11-21(12-10-18)13-15-5-7-16(19)8-6-15/h6-9H,10-15H2,1-4H3;5-8H,9-14H2,1-3H3;5-7,12H,8-11,13-14H2,1-3H3;2*5-8H,9-14H2,1-3H3;5-7,12H,8-11,13-14H2,1-3H3;5-8H,9-14H2,1-3H3. The Balaban J connectivity index is 0.000000209. The van der Waals surface area contributed by atoms with Gasteiger partial charge >= 0.3 is 0 Å². The molecule has 7 aliphatic rings. The minimum absolute atomic E-state index is 0.118. The van der Waals surface area contributed by atoms with E-state index in [2.05, 4.69) is 316 Å². The number of hydrogen-bond acceptors (Lipinski definition) is 7. The molecule has 7 aromatic rings. The van der Waals surface area contributed by atoms with Crippen LogP contribution < -0.4 is 0 Å². The quantitative estimate of drug-likeness (QED) is 0.0525. The Bertz CT molecular complexity index is 5060. The number of likely N-dealkylation sites (tertiary alicyclic amines) is 7. The Morgan fingerprint density at radius 1 is 0.252 bits per heavy atom. The van der Waals surface area contributed by atoms with E-state index < -0.39 is 0 Å². The summed E-state index contributed by atoms with van der Waals surface area (Å²) < 4.78 is 27.5. The number of halogens is 6. The molecule has 0 spiro atoms.